The number of aliphatic hydroxyl groups excluding tert-OH is 5. The van der Waals surface area contributed by atoms with Crippen LogP contribution in [0.25, 0.3) is 0 Å². The van der Waals surface area contributed by atoms with E-state index in [0.29, 0.717) is 12.8 Å². The van der Waals surface area contributed by atoms with Crippen molar-refractivity contribution in [2.45, 2.75) is 236 Å². The van der Waals surface area contributed by atoms with Gasteiger partial charge in [0.2, 0.25) is 5.91 Å². The first kappa shape index (κ1) is 60.1. The summed E-state index contributed by atoms with van der Waals surface area (Å²) in [6, 6.07) is -0.889. The molecule has 0 radical (unpaired) electrons. The molecular formula is C56H95NO8. The smallest absolute Gasteiger partial charge is 0.224 e. The fraction of sp³-hybridized carbons (Fsp3) is 0.696. The highest BCUT2D eigenvalue weighted by Gasteiger charge is 2.44. The van der Waals surface area contributed by atoms with E-state index >= 15 is 0 Å². The Kier molecular flexibility index (Phi) is 41.6. The number of aliphatic hydroxyl groups is 5. The van der Waals surface area contributed by atoms with Gasteiger partial charge in [0.25, 0.3) is 0 Å². The number of carbonyl (C=O) groups is 1. The van der Waals surface area contributed by atoms with Crippen LogP contribution in [0.3, 0.4) is 0 Å². The molecule has 1 fully saturated rings. The van der Waals surface area contributed by atoms with Crippen LogP contribution >= 0.6 is 0 Å². The van der Waals surface area contributed by atoms with E-state index in [1.54, 1.807) is 12.2 Å². The van der Waals surface area contributed by atoms with E-state index in [4.69, 9.17) is 9.47 Å². The lowest BCUT2D eigenvalue weighted by atomic mass is 9.99. The average Bonchev–Trinajstić information content (AvgIpc) is 3.31. The van der Waals surface area contributed by atoms with Gasteiger partial charge in [0.1, 0.15) is 24.4 Å². The van der Waals surface area contributed by atoms with Gasteiger partial charge in [-0.2, -0.15) is 0 Å². The summed E-state index contributed by atoms with van der Waals surface area (Å²) < 4.78 is 11.2. The Morgan fingerprint density at radius 2 is 0.969 bits per heavy atom. The second kappa shape index (κ2) is 44.9. The molecule has 0 aromatic rings. The summed E-state index contributed by atoms with van der Waals surface area (Å²) in [5.41, 5.74) is 0. The summed E-state index contributed by atoms with van der Waals surface area (Å²) in [5, 5.41) is 54.2. The number of allylic oxidation sites excluding steroid dienone is 14. The second-order valence-corrected chi connectivity index (χ2v) is 17.6. The lowest BCUT2D eigenvalue weighted by Gasteiger charge is -2.40. The van der Waals surface area contributed by atoms with Crippen LogP contribution in [0.2, 0.25) is 0 Å². The molecule has 0 spiro atoms. The Morgan fingerprint density at radius 3 is 1.45 bits per heavy atom. The summed E-state index contributed by atoms with van der Waals surface area (Å²) in [6.45, 7) is 3.57. The Morgan fingerprint density at radius 1 is 0.538 bits per heavy atom. The molecule has 0 saturated carbocycles. The van der Waals surface area contributed by atoms with Gasteiger partial charge in [-0.15, -0.1) is 0 Å². The highest BCUT2D eigenvalue weighted by atomic mass is 16.7. The normalized spacial score (nSPS) is 20.8. The first-order chi connectivity index (χ1) is 31.8. The number of nitrogens with one attached hydrogen (secondary N) is 1. The minimum Gasteiger partial charge on any atom is -0.394 e. The van der Waals surface area contributed by atoms with Gasteiger partial charge in [0, 0.05) is 6.42 Å². The van der Waals surface area contributed by atoms with Crippen molar-refractivity contribution >= 4 is 5.91 Å². The van der Waals surface area contributed by atoms with Gasteiger partial charge >= 0.3 is 0 Å². The average molecular weight is 910 g/mol. The first-order valence-electron chi connectivity index (χ1n) is 26.0. The zero-order valence-electron chi connectivity index (χ0n) is 41.0. The van der Waals surface area contributed by atoms with Crippen molar-refractivity contribution < 1.29 is 39.8 Å². The van der Waals surface area contributed by atoms with E-state index in [0.717, 1.165) is 51.4 Å². The predicted octanol–water partition coefficient (Wildman–Crippen LogP) is 12.1. The van der Waals surface area contributed by atoms with Crippen molar-refractivity contribution in [3.05, 3.63) is 97.2 Å². The molecule has 0 bridgehead atoms. The van der Waals surface area contributed by atoms with Crippen molar-refractivity contribution in [1.29, 1.82) is 0 Å². The fourth-order valence-electron chi connectivity index (χ4n) is 7.55. The molecule has 7 unspecified atom stereocenters. The highest BCUT2D eigenvalue weighted by Crippen LogP contribution is 2.22. The predicted molar refractivity (Wildman–Crippen MR) is 271 cm³/mol. The van der Waals surface area contributed by atoms with E-state index in [1.165, 1.54) is 109 Å². The summed E-state index contributed by atoms with van der Waals surface area (Å²) >= 11 is 0. The van der Waals surface area contributed by atoms with Crippen LogP contribution in [0.15, 0.2) is 97.2 Å². The number of unbranched alkanes of at least 4 members (excludes halogenated alkanes) is 19. The molecular weight excluding hydrogens is 815 g/mol. The lowest BCUT2D eigenvalue weighted by Crippen LogP contribution is -2.60. The van der Waals surface area contributed by atoms with Crippen LogP contribution in [0.1, 0.15) is 194 Å². The van der Waals surface area contributed by atoms with Gasteiger partial charge < -0.3 is 40.3 Å². The summed E-state index contributed by atoms with van der Waals surface area (Å²) in [5.74, 6) is -0.321. The van der Waals surface area contributed by atoms with Crippen LogP contribution in [0.5, 0.6) is 0 Å². The van der Waals surface area contributed by atoms with Crippen molar-refractivity contribution in [3.63, 3.8) is 0 Å². The second-order valence-electron chi connectivity index (χ2n) is 17.6. The van der Waals surface area contributed by atoms with E-state index < -0.39 is 49.5 Å². The van der Waals surface area contributed by atoms with Crippen LogP contribution in [-0.4, -0.2) is 87.5 Å². The van der Waals surface area contributed by atoms with E-state index in [1.807, 2.05) is 18.2 Å². The molecule has 372 valence electrons. The monoisotopic (exact) mass is 910 g/mol. The Balaban J connectivity index is 2.34. The maximum absolute atomic E-state index is 12.9. The lowest BCUT2D eigenvalue weighted by molar-refractivity contribution is -0.302. The maximum atomic E-state index is 12.9. The molecule has 6 N–H and O–H groups in total. The molecule has 1 aliphatic heterocycles. The Hall–Kier alpha value is -2.89. The molecule has 65 heavy (non-hydrogen) atoms. The number of carbonyl (C=O) groups excluding carboxylic acids is 1. The van der Waals surface area contributed by atoms with E-state index in [9.17, 15) is 30.3 Å². The fourth-order valence-corrected chi connectivity index (χ4v) is 7.55. The Bertz CT molecular complexity index is 1330. The van der Waals surface area contributed by atoms with Crippen LogP contribution < -0.4 is 5.32 Å². The molecule has 1 heterocycles. The summed E-state index contributed by atoms with van der Waals surface area (Å²) in [6.07, 6.45) is 57.9. The van der Waals surface area contributed by atoms with Crippen LogP contribution in [-0.2, 0) is 14.3 Å². The maximum Gasteiger partial charge on any atom is 0.224 e. The standard InChI is InChI=1S/C56H95NO8/c1-3-5-7-9-11-13-15-17-19-20-21-22-23-24-25-26-27-28-29-30-32-33-35-37-39-41-43-45-50(59)49(48-64-56-55(63)54(62)53(61)51(47-58)65-56)57-52(60)46-44-42-40-38-36-34-31-18-16-14-12-10-8-6-4-2/h6,8,12,14,18,29-31,35-38,42-45,49-51,53-56,58-59,61-63H,3-5,7,9-11,13,15-17,19-28,32-34,39-41,46-48H2,1-2H3,(H,57,60)/b8-6-,14-12-,30-29+,31-18-,37-35+,38-36-,44-42-,45-43+. The quantitative estimate of drug-likeness (QED) is 0.0262. The number of amides is 1. The summed E-state index contributed by atoms with van der Waals surface area (Å²) in [4.78, 5) is 12.9. The van der Waals surface area contributed by atoms with Gasteiger partial charge in [-0.25, -0.2) is 0 Å². The molecule has 1 aliphatic rings. The molecule has 1 saturated heterocycles. The van der Waals surface area contributed by atoms with Gasteiger partial charge in [-0.3, -0.25) is 4.79 Å². The third kappa shape index (κ3) is 35.0. The highest BCUT2D eigenvalue weighted by molar-refractivity contribution is 5.77. The van der Waals surface area contributed by atoms with Gasteiger partial charge in [-0.1, -0.05) is 214 Å². The van der Waals surface area contributed by atoms with E-state index in [-0.39, 0.29) is 18.9 Å². The molecule has 0 aromatic heterocycles. The molecule has 9 heteroatoms. The molecule has 7 atom stereocenters. The molecule has 9 nitrogen and oxygen atoms in total. The topological polar surface area (TPSA) is 149 Å². The third-order valence-corrected chi connectivity index (χ3v) is 11.6. The van der Waals surface area contributed by atoms with Crippen molar-refractivity contribution in [3.8, 4) is 0 Å². The molecule has 1 rings (SSSR count). The largest absolute Gasteiger partial charge is 0.394 e. The van der Waals surface area contributed by atoms with Crippen LogP contribution in [0, 0.1) is 0 Å². The zero-order chi connectivity index (χ0) is 47.3. The minimum absolute atomic E-state index is 0.0973. The zero-order valence-corrected chi connectivity index (χ0v) is 41.0. The number of hydrogen-bond acceptors (Lipinski definition) is 8. The molecule has 0 aliphatic carbocycles. The SMILES string of the molecule is CC/C=C\C/C=C\C/C=C\C/C=C\C/C=C\CC(=O)NC(COC1OC(CO)C(O)C(O)C1O)C(O)/C=C/CC/C=C/CC/C=C/CCCCCCCCCCCCCCCCCCC. The van der Waals surface area contributed by atoms with Crippen LogP contribution in [0.4, 0.5) is 0 Å². The van der Waals surface area contributed by atoms with Gasteiger partial charge in [0.05, 0.1) is 25.4 Å². The van der Waals surface area contributed by atoms with Gasteiger partial charge in [-0.05, 0) is 70.6 Å². The summed E-state index contributed by atoms with van der Waals surface area (Å²) in [7, 11) is 0. The number of ether oxygens (including phenoxy) is 2. The van der Waals surface area contributed by atoms with Gasteiger partial charge in [0.15, 0.2) is 6.29 Å². The number of hydrogen-bond donors (Lipinski definition) is 6. The molecule has 1 amide bonds. The van der Waals surface area contributed by atoms with Crippen molar-refractivity contribution in [1.82, 2.24) is 5.32 Å². The van der Waals surface area contributed by atoms with Crippen molar-refractivity contribution in [2.75, 3.05) is 13.2 Å². The van der Waals surface area contributed by atoms with Crippen molar-refractivity contribution in [2.24, 2.45) is 0 Å². The molecule has 0 aromatic carbocycles. The number of rotatable bonds is 42. The minimum atomic E-state index is -1.60. The third-order valence-electron chi connectivity index (χ3n) is 11.6. The van der Waals surface area contributed by atoms with E-state index in [2.05, 4.69) is 86.0 Å². The first-order valence-corrected chi connectivity index (χ1v) is 26.0. The Labute approximate surface area is 396 Å².